The van der Waals surface area contributed by atoms with Gasteiger partial charge in [-0.15, -0.1) is 0 Å². The highest BCUT2D eigenvalue weighted by Crippen LogP contribution is 2.55. The number of allylic oxidation sites excluding steroid dienone is 2. The molecule has 126 valence electrons. The van der Waals surface area contributed by atoms with Crippen molar-refractivity contribution in [2.24, 2.45) is 10.8 Å². The molecule has 1 rings (SSSR count). The molecule has 0 aromatic heterocycles. The molecule has 0 radical (unpaired) electrons. The Kier molecular flexibility index (Phi) is 7.11. The number of rotatable bonds is 10. The van der Waals surface area contributed by atoms with Gasteiger partial charge >= 0.3 is 11.9 Å². The van der Waals surface area contributed by atoms with Crippen LogP contribution in [0.25, 0.3) is 0 Å². The summed E-state index contributed by atoms with van der Waals surface area (Å²) in [5, 5.41) is 19.9. The predicted octanol–water partition coefficient (Wildman–Crippen LogP) is 4.64. The van der Waals surface area contributed by atoms with E-state index in [0.29, 0.717) is 25.7 Å². The van der Waals surface area contributed by atoms with Crippen LogP contribution in [0.3, 0.4) is 0 Å². The maximum absolute atomic E-state index is 12.1. The van der Waals surface area contributed by atoms with Gasteiger partial charge in [0.25, 0.3) is 0 Å². The molecule has 0 fully saturated rings. The second-order valence-corrected chi connectivity index (χ2v) is 6.57. The third kappa shape index (κ3) is 3.53. The minimum Gasteiger partial charge on any atom is -0.481 e. The molecule has 0 aromatic carbocycles. The molecule has 4 heteroatoms. The summed E-state index contributed by atoms with van der Waals surface area (Å²) >= 11 is 0. The normalized spacial score (nSPS) is 27.7. The first-order valence-corrected chi connectivity index (χ1v) is 8.58. The number of aliphatic carboxylic acids is 2. The van der Waals surface area contributed by atoms with Crippen LogP contribution in [0.2, 0.25) is 0 Å². The van der Waals surface area contributed by atoms with Crippen molar-refractivity contribution in [3.05, 3.63) is 12.2 Å². The predicted molar refractivity (Wildman–Crippen MR) is 86.8 cm³/mol. The molecular formula is C18H30O4. The van der Waals surface area contributed by atoms with E-state index < -0.39 is 22.8 Å². The Bertz CT molecular complexity index is 377. The van der Waals surface area contributed by atoms with Crippen LogP contribution in [0.5, 0.6) is 0 Å². The topological polar surface area (TPSA) is 74.6 Å². The molecule has 1 aliphatic rings. The fourth-order valence-electron chi connectivity index (χ4n) is 3.79. The minimum absolute atomic E-state index is 0.338. The average Bonchev–Trinajstić information content (AvgIpc) is 2.48. The molecule has 0 bridgehead atoms. The molecule has 0 aromatic rings. The Morgan fingerprint density at radius 2 is 1.18 bits per heavy atom. The first-order chi connectivity index (χ1) is 10.5. The maximum Gasteiger partial charge on any atom is 0.311 e. The van der Waals surface area contributed by atoms with E-state index >= 15 is 0 Å². The standard InChI is InChI=1S/C18H30O4/c1-3-5-7-11-17(15(19)20)13-9-10-14-18(17,16(21)22)12-8-6-4-2/h9-10H,3-8,11-14H2,1-2H3,(H,19,20)(H,21,22). The van der Waals surface area contributed by atoms with Crippen molar-refractivity contribution >= 4 is 11.9 Å². The average molecular weight is 310 g/mol. The van der Waals surface area contributed by atoms with Gasteiger partial charge in [0.2, 0.25) is 0 Å². The summed E-state index contributed by atoms with van der Waals surface area (Å²) in [5.41, 5.74) is -2.31. The van der Waals surface area contributed by atoms with E-state index in [1.165, 1.54) is 0 Å². The van der Waals surface area contributed by atoms with Crippen molar-refractivity contribution < 1.29 is 19.8 Å². The largest absolute Gasteiger partial charge is 0.481 e. The summed E-state index contributed by atoms with van der Waals surface area (Å²) in [6.45, 7) is 4.14. The van der Waals surface area contributed by atoms with E-state index in [4.69, 9.17) is 0 Å². The summed E-state index contributed by atoms with van der Waals surface area (Å²) in [5.74, 6) is -1.88. The van der Waals surface area contributed by atoms with E-state index in [2.05, 4.69) is 13.8 Å². The van der Waals surface area contributed by atoms with Crippen molar-refractivity contribution in [3.63, 3.8) is 0 Å². The Morgan fingerprint density at radius 1 is 0.818 bits per heavy atom. The van der Waals surface area contributed by atoms with Crippen molar-refractivity contribution in [1.29, 1.82) is 0 Å². The number of carboxylic acids is 2. The van der Waals surface area contributed by atoms with Gasteiger partial charge in [0.15, 0.2) is 0 Å². The molecular weight excluding hydrogens is 280 g/mol. The van der Waals surface area contributed by atoms with Gasteiger partial charge in [-0.2, -0.15) is 0 Å². The van der Waals surface area contributed by atoms with Crippen molar-refractivity contribution in [2.45, 2.75) is 78.1 Å². The Morgan fingerprint density at radius 3 is 1.45 bits per heavy atom. The Labute approximate surface area is 133 Å². The first kappa shape index (κ1) is 18.7. The fraction of sp³-hybridized carbons (Fsp3) is 0.778. The highest BCUT2D eigenvalue weighted by molar-refractivity contribution is 5.87. The van der Waals surface area contributed by atoms with Gasteiger partial charge in [-0.3, -0.25) is 9.59 Å². The lowest BCUT2D eigenvalue weighted by molar-refractivity contribution is -0.177. The molecule has 4 nitrogen and oxygen atoms in total. The third-order valence-electron chi connectivity index (χ3n) is 5.25. The van der Waals surface area contributed by atoms with Crippen LogP contribution in [0, 0.1) is 10.8 Å². The molecule has 2 atom stereocenters. The SMILES string of the molecule is CCCCCC1(C(=O)O)CC=CCC1(CCCCC)C(=O)O. The van der Waals surface area contributed by atoms with E-state index in [1.54, 1.807) is 0 Å². The van der Waals surface area contributed by atoms with E-state index in [1.807, 2.05) is 12.2 Å². The number of carbonyl (C=O) groups is 2. The van der Waals surface area contributed by atoms with Crippen LogP contribution in [0.15, 0.2) is 12.2 Å². The van der Waals surface area contributed by atoms with Crippen molar-refractivity contribution in [3.8, 4) is 0 Å². The lowest BCUT2D eigenvalue weighted by Gasteiger charge is -2.47. The first-order valence-electron chi connectivity index (χ1n) is 8.58. The lowest BCUT2D eigenvalue weighted by atomic mass is 9.54. The second kappa shape index (κ2) is 8.35. The number of hydrogen-bond donors (Lipinski definition) is 2. The Balaban J connectivity index is 3.16. The molecule has 0 heterocycles. The van der Waals surface area contributed by atoms with Crippen LogP contribution in [-0.2, 0) is 9.59 Å². The van der Waals surface area contributed by atoms with Gasteiger partial charge in [0.1, 0.15) is 0 Å². The zero-order valence-corrected chi connectivity index (χ0v) is 13.9. The molecule has 1 aliphatic carbocycles. The smallest absolute Gasteiger partial charge is 0.311 e. The highest BCUT2D eigenvalue weighted by Gasteiger charge is 2.60. The van der Waals surface area contributed by atoms with Crippen molar-refractivity contribution in [2.75, 3.05) is 0 Å². The molecule has 0 spiro atoms. The highest BCUT2D eigenvalue weighted by atomic mass is 16.4. The van der Waals surface area contributed by atoms with Gasteiger partial charge in [-0.1, -0.05) is 64.5 Å². The van der Waals surface area contributed by atoms with E-state index in [9.17, 15) is 19.8 Å². The minimum atomic E-state index is -1.16. The van der Waals surface area contributed by atoms with Gasteiger partial charge in [-0.25, -0.2) is 0 Å². The summed E-state index contributed by atoms with van der Waals surface area (Å²) in [7, 11) is 0. The van der Waals surface area contributed by atoms with Crippen LogP contribution >= 0.6 is 0 Å². The number of hydrogen-bond acceptors (Lipinski definition) is 2. The summed E-state index contributed by atoms with van der Waals surface area (Å²) in [6, 6.07) is 0. The Hall–Kier alpha value is -1.32. The monoisotopic (exact) mass is 310 g/mol. The van der Waals surface area contributed by atoms with Crippen LogP contribution < -0.4 is 0 Å². The summed E-state index contributed by atoms with van der Waals surface area (Å²) in [6.07, 6.45) is 10.8. The fourth-order valence-corrected chi connectivity index (χ4v) is 3.79. The number of unbranched alkanes of at least 4 members (excludes halogenated alkanes) is 4. The maximum atomic E-state index is 12.1. The van der Waals surface area contributed by atoms with Gasteiger partial charge in [-0.05, 0) is 25.7 Å². The zero-order chi connectivity index (χ0) is 16.6. The third-order valence-corrected chi connectivity index (χ3v) is 5.25. The van der Waals surface area contributed by atoms with Gasteiger partial charge in [0, 0.05) is 0 Å². The van der Waals surface area contributed by atoms with Crippen LogP contribution in [-0.4, -0.2) is 22.2 Å². The number of carboxylic acid groups (broad SMARTS) is 2. The molecule has 22 heavy (non-hydrogen) atoms. The van der Waals surface area contributed by atoms with Gasteiger partial charge in [0.05, 0.1) is 10.8 Å². The summed E-state index contributed by atoms with van der Waals surface area (Å²) < 4.78 is 0. The molecule has 2 N–H and O–H groups in total. The zero-order valence-electron chi connectivity index (χ0n) is 13.9. The quantitative estimate of drug-likeness (QED) is 0.455. The van der Waals surface area contributed by atoms with E-state index in [0.717, 1.165) is 38.5 Å². The summed E-state index contributed by atoms with van der Waals surface area (Å²) in [4.78, 5) is 24.3. The van der Waals surface area contributed by atoms with Gasteiger partial charge < -0.3 is 10.2 Å². The second-order valence-electron chi connectivity index (χ2n) is 6.57. The molecule has 0 aliphatic heterocycles. The molecule has 0 amide bonds. The molecule has 0 saturated heterocycles. The lowest BCUT2D eigenvalue weighted by Crippen LogP contribution is -2.53. The molecule has 2 unspecified atom stereocenters. The molecule has 0 saturated carbocycles. The van der Waals surface area contributed by atoms with Crippen LogP contribution in [0.4, 0.5) is 0 Å². The van der Waals surface area contributed by atoms with E-state index in [-0.39, 0.29) is 0 Å². The van der Waals surface area contributed by atoms with Crippen molar-refractivity contribution in [1.82, 2.24) is 0 Å². The van der Waals surface area contributed by atoms with Crippen LogP contribution in [0.1, 0.15) is 78.1 Å².